The second kappa shape index (κ2) is 7.65. The molecule has 1 heterocycles. The fraction of sp³-hybridized carbons (Fsp3) is 0.273. The summed E-state index contributed by atoms with van der Waals surface area (Å²) in [5.41, 5.74) is -0.681. The minimum atomic E-state index is -1.35. The molecule has 1 atom stereocenters. The Hall–Kier alpha value is -3.46. The van der Waals surface area contributed by atoms with Crippen LogP contribution in [0.3, 0.4) is 0 Å². The first kappa shape index (κ1) is 19.3. The highest BCUT2D eigenvalue weighted by atomic mass is 16.5. The Morgan fingerprint density at radius 2 is 1.82 bits per heavy atom. The van der Waals surface area contributed by atoms with E-state index in [1.165, 1.54) is 14.2 Å². The zero-order valence-corrected chi connectivity index (χ0v) is 15.9. The lowest BCUT2D eigenvalue weighted by Gasteiger charge is -2.22. The van der Waals surface area contributed by atoms with Gasteiger partial charge in [-0.05, 0) is 31.2 Å². The summed E-state index contributed by atoms with van der Waals surface area (Å²) in [6.07, 6.45) is 5.09. The summed E-state index contributed by atoms with van der Waals surface area (Å²) in [5.74, 6) is 3.19. The summed E-state index contributed by atoms with van der Waals surface area (Å²) in [6, 6.07) is 10.0. The Bertz CT molecular complexity index is 971. The number of carbonyl (C=O) groups is 2. The monoisotopic (exact) mass is 380 g/mol. The molecule has 0 saturated carbocycles. The van der Waals surface area contributed by atoms with Gasteiger partial charge in [0, 0.05) is 0 Å². The number of terminal acetylenes is 1. The number of ketones is 2. The SMILES string of the molecule is C#CCOc1c(OC)cccc1C(=O)CC1(C)Oc2c(OC)cccc2C1=O. The van der Waals surface area contributed by atoms with Crippen molar-refractivity contribution in [3.8, 4) is 35.3 Å². The third kappa shape index (κ3) is 3.27. The van der Waals surface area contributed by atoms with Crippen LogP contribution >= 0.6 is 0 Å². The van der Waals surface area contributed by atoms with Crippen molar-refractivity contribution in [1.82, 2.24) is 0 Å². The molecular formula is C22H20O6. The van der Waals surface area contributed by atoms with Gasteiger partial charge in [0.2, 0.25) is 5.78 Å². The van der Waals surface area contributed by atoms with E-state index in [1.807, 2.05) is 0 Å². The van der Waals surface area contributed by atoms with Crippen LogP contribution in [0.15, 0.2) is 36.4 Å². The Balaban J connectivity index is 1.92. The molecule has 0 amide bonds. The summed E-state index contributed by atoms with van der Waals surface area (Å²) >= 11 is 0. The third-order valence-corrected chi connectivity index (χ3v) is 4.55. The molecule has 2 aromatic rings. The average Bonchev–Trinajstić information content (AvgIpc) is 2.96. The Labute approximate surface area is 163 Å². The lowest BCUT2D eigenvalue weighted by Crippen LogP contribution is -2.39. The number of fused-ring (bicyclic) bond motifs is 1. The zero-order chi connectivity index (χ0) is 20.3. The van der Waals surface area contributed by atoms with Gasteiger partial charge in [0.1, 0.15) is 6.61 Å². The minimum absolute atomic E-state index is 0.0179. The van der Waals surface area contributed by atoms with E-state index in [2.05, 4.69) is 5.92 Å². The number of ether oxygens (including phenoxy) is 4. The van der Waals surface area contributed by atoms with Gasteiger partial charge in [-0.3, -0.25) is 9.59 Å². The maximum absolute atomic E-state index is 13.1. The molecule has 3 rings (SSSR count). The van der Waals surface area contributed by atoms with E-state index in [0.717, 1.165) is 0 Å². The number of rotatable bonds is 7. The summed E-state index contributed by atoms with van der Waals surface area (Å²) in [7, 11) is 2.97. The molecule has 0 fully saturated rings. The number of Topliss-reactive ketones (excluding diaryl/α,β-unsaturated/α-hetero) is 2. The molecule has 0 aromatic heterocycles. The number of para-hydroxylation sites is 2. The molecule has 2 aromatic carbocycles. The fourth-order valence-electron chi connectivity index (χ4n) is 3.19. The summed E-state index contributed by atoms with van der Waals surface area (Å²) in [5, 5.41) is 0. The summed E-state index contributed by atoms with van der Waals surface area (Å²) < 4.78 is 22.0. The molecule has 0 spiro atoms. The molecule has 0 saturated heterocycles. The molecular weight excluding hydrogens is 360 g/mol. The summed E-state index contributed by atoms with van der Waals surface area (Å²) in [4.78, 5) is 26.0. The van der Waals surface area contributed by atoms with Crippen molar-refractivity contribution in [1.29, 1.82) is 0 Å². The van der Waals surface area contributed by atoms with Gasteiger partial charge in [0.15, 0.2) is 34.4 Å². The highest BCUT2D eigenvalue weighted by Crippen LogP contribution is 2.44. The van der Waals surface area contributed by atoms with Crippen molar-refractivity contribution in [2.24, 2.45) is 0 Å². The van der Waals surface area contributed by atoms with Gasteiger partial charge in [0.25, 0.3) is 0 Å². The maximum Gasteiger partial charge on any atom is 0.210 e. The zero-order valence-electron chi connectivity index (χ0n) is 15.9. The van der Waals surface area contributed by atoms with E-state index in [4.69, 9.17) is 25.4 Å². The van der Waals surface area contributed by atoms with Crippen LogP contribution in [0.2, 0.25) is 0 Å². The fourth-order valence-corrected chi connectivity index (χ4v) is 3.19. The first-order chi connectivity index (χ1) is 13.4. The Morgan fingerprint density at radius 3 is 2.50 bits per heavy atom. The quantitative estimate of drug-likeness (QED) is 0.542. The highest BCUT2D eigenvalue weighted by Gasteiger charge is 2.47. The molecule has 0 radical (unpaired) electrons. The molecule has 1 aliphatic heterocycles. The van der Waals surface area contributed by atoms with Crippen molar-refractivity contribution < 1.29 is 28.5 Å². The van der Waals surface area contributed by atoms with E-state index in [0.29, 0.717) is 22.8 Å². The van der Waals surface area contributed by atoms with Gasteiger partial charge < -0.3 is 18.9 Å². The molecule has 0 aliphatic carbocycles. The number of benzene rings is 2. The van der Waals surface area contributed by atoms with Gasteiger partial charge >= 0.3 is 0 Å². The molecule has 0 N–H and O–H groups in total. The minimum Gasteiger partial charge on any atom is -0.493 e. The average molecular weight is 380 g/mol. The van der Waals surface area contributed by atoms with Gasteiger partial charge in [0.05, 0.1) is 31.8 Å². The van der Waals surface area contributed by atoms with E-state index in [-0.39, 0.29) is 35.9 Å². The van der Waals surface area contributed by atoms with Crippen LogP contribution in [-0.2, 0) is 0 Å². The normalized spacial score (nSPS) is 17.3. The predicted octanol–water partition coefficient (Wildman–Crippen LogP) is 3.32. The van der Waals surface area contributed by atoms with Crippen molar-refractivity contribution in [2.45, 2.75) is 18.9 Å². The van der Waals surface area contributed by atoms with Crippen molar-refractivity contribution in [3.05, 3.63) is 47.5 Å². The highest BCUT2D eigenvalue weighted by molar-refractivity contribution is 6.12. The number of carbonyl (C=O) groups excluding carboxylic acids is 2. The van der Waals surface area contributed by atoms with Gasteiger partial charge in [-0.2, -0.15) is 0 Å². The van der Waals surface area contributed by atoms with Crippen molar-refractivity contribution in [3.63, 3.8) is 0 Å². The molecule has 6 heteroatoms. The number of hydrogen-bond donors (Lipinski definition) is 0. The molecule has 0 bridgehead atoms. The van der Waals surface area contributed by atoms with Crippen molar-refractivity contribution in [2.75, 3.05) is 20.8 Å². The van der Waals surface area contributed by atoms with Gasteiger partial charge in [-0.15, -0.1) is 6.42 Å². The topological polar surface area (TPSA) is 71.1 Å². The van der Waals surface area contributed by atoms with E-state index in [9.17, 15) is 9.59 Å². The lowest BCUT2D eigenvalue weighted by atomic mass is 9.89. The standard InChI is InChI=1S/C22H20O6/c1-5-12-27-19-14(8-6-10-17(19)25-3)16(23)13-22(2)21(24)15-9-7-11-18(26-4)20(15)28-22/h1,6-11H,12-13H2,2-4H3. The second-order valence-corrected chi connectivity index (χ2v) is 6.43. The van der Waals surface area contributed by atoms with Crippen LogP contribution < -0.4 is 18.9 Å². The second-order valence-electron chi connectivity index (χ2n) is 6.43. The van der Waals surface area contributed by atoms with Crippen LogP contribution in [0.25, 0.3) is 0 Å². The first-order valence-electron chi connectivity index (χ1n) is 8.62. The van der Waals surface area contributed by atoms with Crippen LogP contribution in [0, 0.1) is 12.3 Å². The number of methoxy groups -OCH3 is 2. The smallest absolute Gasteiger partial charge is 0.210 e. The van der Waals surface area contributed by atoms with Crippen LogP contribution in [0.4, 0.5) is 0 Å². The van der Waals surface area contributed by atoms with Crippen LogP contribution in [-0.4, -0.2) is 38.0 Å². The summed E-state index contributed by atoms with van der Waals surface area (Å²) in [6.45, 7) is 1.57. The molecule has 144 valence electrons. The Kier molecular flexibility index (Phi) is 5.27. The molecule has 1 aliphatic rings. The van der Waals surface area contributed by atoms with E-state index >= 15 is 0 Å². The number of hydrogen-bond acceptors (Lipinski definition) is 6. The van der Waals surface area contributed by atoms with Crippen LogP contribution in [0.1, 0.15) is 34.1 Å². The van der Waals surface area contributed by atoms with Gasteiger partial charge in [-0.1, -0.05) is 18.1 Å². The van der Waals surface area contributed by atoms with E-state index < -0.39 is 5.60 Å². The maximum atomic E-state index is 13.1. The van der Waals surface area contributed by atoms with Gasteiger partial charge in [-0.25, -0.2) is 0 Å². The molecule has 1 unspecified atom stereocenters. The van der Waals surface area contributed by atoms with Crippen LogP contribution in [0.5, 0.6) is 23.0 Å². The Morgan fingerprint density at radius 1 is 1.14 bits per heavy atom. The lowest BCUT2D eigenvalue weighted by molar-refractivity contribution is 0.0546. The first-order valence-corrected chi connectivity index (χ1v) is 8.62. The molecule has 28 heavy (non-hydrogen) atoms. The molecule has 6 nitrogen and oxygen atoms in total. The largest absolute Gasteiger partial charge is 0.493 e. The van der Waals surface area contributed by atoms with E-state index in [1.54, 1.807) is 43.3 Å². The van der Waals surface area contributed by atoms with Crippen molar-refractivity contribution >= 4 is 11.6 Å². The third-order valence-electron chi connectivity index (χ3n) is 4.55. The predicted molar refractivity (Wildman–Crippen MR) is 103 cm³/mol.